The van der Waals surface area contributed by atoms with Crippen LogP contribution in [0, 0.1) is 13.8 Å². The molecule has 0 aliphatic heterocycles. The number of benzene rings is 3. The number of hydrogen-bond donors (Lipinski definition) is 2. The van der Waals surface area contributed by atoms with Crippen molar-refractivity contribution in [2.75, 3.05) is 10.0 Å². The van der Waals surface area contributed by atoms with Crippen molar-refractivity contribution in [1.82, 2.24) is 9.97 Å². The summed E-state index contributed by atoms with van der Waals surface area (Å²) in [5.41, 5.74) is 1.76. The average Bonchev–Trinajstić information content (AvgIpc) is 2.78. The number of sulfonamides is 1. The van der Waals surface area contributed by atoms with Gasteiger partial charge in [-0.25, -0.2) is 23.1 Å². The Balaban J connectivity index is 1.43. The maximum Gasteiger partial charge on any atom is 0.265 e. The number of anilines is 2. The van der Waals surface area contributed by atoms with Crippen LogP contribution in [0.25, 0.3) is 10.8 Å². The van der Waals surface area contributed by atoms with Crippen LogP contribution in [-0.4, -0.2) is 30.4 Å². The minimum atomic E-state index is -3.88. The van der Waals surface area contributed by atoms with E-state index in [1.165, 1.54) is 24.3 Å². The van der Waals surface area contributed by atoms with Gasteiger partial charge in [0.25, 0.3) is 15.9 Å². The first-order chi connectivity index (χ1) is 16.2. The van der Waals surface area contributed by atoms with Crippen LogP contribution in [-0.2, 0) is 14.8 Å². The van der Waals surface area contributed by atoms with E-state index >= 15 is 0 Å². The third-order valence-electron chi connectivity index (χ3n) is 5.06. The van der Waals surface area contributed by atoms with E-state index in [1.54, 1.807) is 26.8 Å². The number of carbonyl (C=O) groups excluding carboxylic acids is 1. The summed E-state index contributed by atoms with van der Waals surface area (Å²) in [6.45, 7) is 5.17. The Kier molecular flexibility index (Phi) is 6.47. The average molecular weight is 477 g/mol. The van der Waals surface area contributed by atoms with Crippen molar-refractivity contribution in [3.63, 3.8) is 0 Å². The zero-order chi connectivity index (χ0) is 24.3. The molecule has 3 aromatic carbocycles. The van der Waals surface area contributed by atoms with Gasteiger partial charge in [0.1, 0.15) is 5.75 Å². The monoisotopic (exact) mass is 476 g/mol. The Morgan fingerprint density at radius 2 is 1.56 bits per heavy atom. The number of amides is 1. The molecule has 1 amide bonds. The molecular formula is C25H24N4O4S. The molecular weight excluding hydrogens is 452 g/mol. The predicted octanol–water partition coefficient (Wildman–Crippen LogP) is 4.45. The lowest BCUT2D eigenvalue weighted by Crippen LogP contribution is -2.30. The van der Waals surface area contributed by atoms with Gasteiger partial charge in [0, 0.05) is 22.5 Å². The van der Waals surface area contributed by atoms with E-state index in [9.17, 15) is 13.2 Å². The molecule has 0 saturated carbocycles. The second-order valence-corrected chi connectivity index (χ2v) is 9.51. The standard InChI is InChI=1S/C25H24N4O4S/c1-16-15-17(2)27-25(26-16)29-34(31,32)21-13-11-20(12-14-21)28-24(30)18(3)33-23-10-6-8-19-7-4-5-9-22(19)23/h4-15,18H,1-3H3,(H,28,30)(H,26,27,29)/t18-/m0/s1. The molecule has 0 unspecified atom stereocenters. The van der Waals surface area contributed by atoms with Gasteiger partial charge in [-0.05, 0) is 62.6 Å². The summed E-state index contributed by atoms with van der Waals surface area (Å²) in [6, 6.07) is 21.0. The smallest absolute Gasteiger partial charge is 0.265 e. The molecule has 0 fully saturated rings. The summed E-state index contributed by atoms with van der Waals surface area (Å²) < 4.78 is 33.6. The Morgan fingerprint density at radius 3 is 2.26 bits per heavy atom. The topological polar surface area (TPSA) is 110 Å². The number of fused-ring (bicyclic) bond motifs is 1. The molecule has 0 saturated heterocycles. The summed E-state index contributed by atoms with van der Waals surface area (Å²) in [5.74, 6) is 0.265. The SMILES string of the molecule is Cc1cc(C)nc(NS(=O)(=O)c2ccc(NC(=O)[C@H](C)Oc3cccc4ccccc34)cc2)n1. The minimum absolute atomic E-state index is 0.00860. The van der Waals surface area contributed by atoms with E-state index in [0.717, 1.165) is 10.8 Å². The lowest BCUT2D eigenvalue weighted by molar-refractivity contribution is -0.122. The van der Waals surface area contributed by atoms with Gasteiger partial charge in [0.15, 0.2) is 6.10 Å². The molecule has 4 aromatic rings. The highest BCUT2D eigenvalue weighted by Crippen LogP contribution is 2.26. The normalized spacial score (nSPS) is 12.2. The molecule has 8 nitrogen and oxygen atoms in total. The van der Waals surface area contributed by atoms with Crippen molar-refractivity contribution in [2.24, 2.45) is 0 Å². The van der Waals surface area contributed by atoms with Gasteiger partial charge < -0.3 is 10.1 Å². The lowest BCUT2D eigenvalue weighted by Gasteiger charge is -2.16. The molecule has 1 aromatic heterocycles. The summed E-state index contributed by atoms with van der Waals surface area (Å²) in [4.78, 5) is 20.9. The number of nitrogens with zero attached hydrogens (tertiary/aromatic N) is 2. The van der Waals surface area contributed by atoms with Gasteiger partial charge in [0.05, 0.1) is 4.90 Å². The Bertz CT molecular complexity index is 1430. The fraction of sp³-hybridized carbons (Fsp3) is 0.160. The fourth-order valence-corrected chi connectivity index (χ4v) is 4.40. The first-order valence-corrected chi connectivity index (χ1v) is 12.1. The van der Waals surface area contributed by atoms with Gasteiger partial charge in [0.2, 0.25) is 5.95 Å². The van der Waals surface area contributed by atoms with Crippen LogP contribution in [0.1, 0.15) is 18.3 Å². The third kappa shape index (κ3) is 5.32. The predicted molar refractivity (Wildman–Crippen MR) is 131 cm³/mol. The van der Waals surface area contributed by atoms with Crippen LogP contribution >= 0.6 is 0 Å². The van der Waals surface area contributed by atoms with Crippen LogP contribution in [0.5, 0.6) is 5.75 Å². The van der Waals surface area contributed by atoms with E-state index in [0.29, 0.717) is 22.8 Å². The fourth-order valence-electron chi connectivity index (χ4n) is 3.45. The van der Waals surface area contributed by atoms with Crippen LogP contribution in [0.4, 0.5) is 11.6 Å². The lowest BCUT2D eigenvalue weighted by atomic mass is 10.1. The summed E-state index contributed by atoms with van der Waals surface area (Å²) in [7, 11) is -3.88. The van der Waals surface area contributed by atoms with Crippen molar-refractivity contribution >= 4 is 38.3 Å². The van der Waals surface area contributed by atoms with Gasteiger partial charge in [-0.1, -0.05) is 36.4 Å². The number of rotatable bonds is 7. The second-order valence-electron chi connectivity index (χ2n) is 7.83. The van der Waals surface area contributed by atoms with Gasteiger partial charge in [-0.3, -0.25) is 4.79 Å². The minimum Gasteiger partial charge on any atom is -0.480 e. The first-order valence-electron chi connectivity index (χ1n) is 10.6. The van der Waals surface area contributed by atoms with Crippen molar-refractivity contribution in [2.45, 2.75) is 31.8 Å². The highest BCUT2D eigenvalue weighted by molar-refractivity contribution is 7.92. The largest absolute Gasteiger partial charge is 0.480 e. The van der Waals surface area contributed by atoms with E-state index in [-0.39, 0.29) is 16.8 Å². The molecule has 34 heavy (non-hydrogen) atoms. The maximum absolute atomic E-state index is 12.7. The Hall–Kier alpha value is -3.98. The number of aryl methyl sites for hydroxylation is 2. The van der Waals surface area contributed by atoms with E-state index in [2.05, 4.69) is 20.0 Å². The third-order valence-corrected chi connectivity index (χ3v) is 6.41. The highest BCUT2D eigenvalue weighted by atomic mass is 32.2. The van der Waals surface area contributed by atoms with Crippen LogP contribution in [0.3, 0.4) is 0 Å². The molecule has 4 rings (SSSR count). The highest BCUT2D eigenvalue weighted by Gasteiger charge is 2.18. The summed E-state index contributed by atoms with van der Waals surface area (Å²) >= 11 is 0. The quantitative estimate of drug-likeness (QED) is 0.408. The van der Waals surface area contributed by atoms with Crippen molar-refractivity contribution < 1.29 is 17.9 Å². The molecule has 0 aliphatic rings. The molecule has 0 bridgehead atoms. The molecule has 174 valence electrons. The van der Waals surface area contributed by atoms with Gasteiger partial charge >= 0.3 is 0 Å². The first kappa shape index (κ1) is 23.2. The van der Waals surface area contributed by atoms with Crippen LogP contribution in [0.2, 0.25) is 0 Å². The summed E-state index contributed by atoms with van der Waals surface area (Å²) in [6.07, 6.45) is -0.766. The molecule has 0 radical (unpaired) electrons. The zero-order valence-corrected chi connectivity index (χ0v) is 19.8. The van der Waals surface area contributed by atoms with Crippen LogP contribution in [0.15, 0.2) is 77.7 Å². The van der Waals surface area contributed by atoms with Gasteiger partial charge in [-0.15, -0.1) is 0 Å². The van der Waals surface area contributed by atoms with Crippen molar-refractivity contribution in [3.8, 4) is 5.75 Å². The summed E-state index contributed by atoms with van der Waals surface area (Å²) in [5, 5.41) is 4.68. The molecule has 0 aliphatic carbocycles. The number of aromatic nitrogens is 2. The molecule has 1 atom stereocenters. The van der Waals surface area contributed by atoms with Crippen molar-refractivity contribution in [1.29, 1.82) is 0 Å². The Labute approximate surface area is 198 Å². The molecule has 0 spiro atoms. The van der Waals surface area contributed by atoms with E-state index in [4.69, 9.17) is 4.74 Å². The molecule has 9 heteroatoms. The number of carbonyl (C=O) groups is 1. The maximum atomic E-state index is 12.7. The number of ether oxygens (including phenoxy) is 1. The van der Waals surface area contributed by atoms with Crippen molar-refractivity contribution in [3.05, 3.63) is 84.2 Å². The number of hydrogen-bond acceptors (Lipinski definition) is 6. The number of nitrogens with one attached hydrogen (secondary N) is 2. The second kappa shape index (κ2) is 9.48. The van der Waals surface area contributed by atoms with Gasteiger partial charge in [-0.2, -0.15) is 0 Å². The molecule has 2 N–H and O–H groups in total. The van der Waals surface area contributed by atoms with Crippen LogP contribution < -0.4 is 14.8 Å². The van der Waals surface area contributed by atoms with E-state index < -0.39 is 16.1 Å². The van der Waals surface area contributed by atoms with E-state index in [1.807, 2.05) is 42.5 Å². The zero-order valence-electron chi connectivity index (χ0n) is 18.9. The Morgan fingerprint density at radius 1 is 0.912 bits per heavy atom. The molecule has 1 heterocycles.